The molecule has 3 aromatic heterocycles. The highest BCUT2D eigenvalue weighted by Gasteiger charge is 2.25. The summed E-state index contributed by atoms with van der Waals surface area (Å²) in [5, 5.41) is 13.9. The van der Waals surface area contributed by atoms with Crippen LogP contribution in [0.3, 0.4) is 0 Å². The van der Waals surface area contributed by atoms with E-state index in [2.05, 4.69) is 117 Å². The van der Waals surface area contributed by atoms with Gasteiger partial charge < -0.3 is 25.2 Å². The van der Waals surface area contributed by atoms with Crippen LogP contribution in [-0.4, -0.2) is 84.3 Å². The fraction of sp³-hybridized carbons (Fsp3) is 0.353. The first-order valence-electron chi connectivity index (χ1n) is 15.4. The number of methoxy groups -OCH3 is 1. The number of rotatable bonds is 12. The van der Waals surface area contributed by atoms with Gasteiger partial charge in [0.25, 0.3) is 0 Å². The minimum absolute atomic E-state index is 0.432. The molecule has 0 aliphatic heterocycles. The van der Waals surface area contributed by atoms with Gasteiger partial charge in [-0.25, -0.2) is 4.98 Å². The number of likely N-dealkylation sites (N-methyl/N-ethyl adjacent to an activating group) is 2. The highest BCUT2D eigenvalue weighted by molar-refractivity contribution is 9.10. The number of hydrogen-bond donors (Lipinski definition) is 2. The molecular weight excluding hydrogens is 661 g/mol. The average molecular weight is 703 g/mol. The van der Waals surface area contributed by atoms with Crippen LogP contribution in [0.25, 0.3) is 22.0 Å². The van der Waals surface area contributed by atoms with Crippen molar-refractivity contribution in [1.29, 1.82) is 0 Å². The van der Waals surface area contributed by atoms with Gasteiger partial charge in [0.15, 0.2) is 0 Å². The highest BCUT2D eigenvalue weighted by atomic mass is 79.9. The Labute approximate surface area is 280 Å². The molecule has 0 bridgehead atoms. The molecule has 46 heavy (non-hydrogen) atoms. The fourth-order valence-electron chi connectivity index (χ4n) is 5.57. The lowest BCUT2D eigenvalue weighted by molar-refractivity contribution is 0.413. The molecule has 0 radical (unpaired) electrons. The number of benzene rings is 2. The zero-order chi connectivity index (χ0) is 32.5. The first-order valence-corrected chi connectivity index (χ1v) is 18.4. The summed E-state index contributed by atoms with van der Waals surface area (Å²) in [5.74, 6) is 2.43. The molecule has 0 atom stereocenters. The minimum atomic E-state index is -0.432. The van der Waals surface area contributed by atoms with Crippen LogP contribution < -0.4 is 25.6 Å². The molecule has 0 amide bonds. The van der Waals surface area contributed by atoms with Crippen molar-refractivity contribution < 1.29 is 4.74 Å². The van der Waals surface area contributed by atoms with Crippen LogP contribution in [0, 0.1) is 0 Å². The maximum absolute atomic E-state index is 5.88. The standard InChI is InChI=1S/C34H41BrN9OP/c1-42(2)14-15-43(3)30-17-31(45-5)29(16-24(30)22-18-37-44(4)20-22)40-34-36-19-25(35)33(41-34)39-28-13-12-27-23(32(28)46(6)7)10-11-26(38-27)21-8-9-21/h10-13,16-21H,8-9,14-15H2,1-7H3,(H2,36,39,40,41). The Hall–Kier alpha value is -3.79. The van der Waals surface area contributed by atoms with Gasteiger partial charge in [-0.2, -0.15) is 10.1 Å². The number of hydrogen-bond acceptors (Lipinski definition) is 9. The summed E-state index contributed by atoms with van der Waals surface area (Å²) < 4.78 is 8.47. The third-order valence-corrected chi connectivity index (χ3v) is 10.1. The molecule has 0 spiro atoms. The second kappa shape index (κ2) is 13.5. The van der Waals surface area contributed by atoms with Crippen molar-refractivity contribution in [3.05, 3.63) is 65.2 Å². The summed E-state index contributed by atoms with van der Waals surface area (Å²) in [6.45, 7) is 6.33. The maximum Gasteiger partial charge on any atom is 0.229 e. The van der Waals surface area contributed by atoms with E-state index in [1.54, 1.807) is 13.3 Å². The molecule has 1 saturated carbocycles. The van der Waals surface area contributed by atoms with Crippen molar-refractivity contribution in [2.24, 2.45) is 7.05 Å². The SMILES string of the molecule is COc1cc(N(C)CCN(C)C)c(-c2cnn(C)c2)cc1Nc1ncc(Br)c(Nc2ccc3nc(C4CC4)ccc3c2P(C)C)n1. The number of ether oxygens (including phenoxy) is 1. The molecule has 0 unspecified atom stereocenters. The van der Waals surface area contributed by atoms with E-state index in [9.17, 15) is 0 Å². The number of nitrogens with one attached hydrogen (secondary N) is 2. The first-order chi connectivity index (χ1) is 22.1. The minimum Gasteiger partial charge on any atom is -0.494 e. The third kappa shape index (κ3) is 6.97. The average Bonchev–Trinajstić information content (AvgIpc) is 3.80. The van der Waals surface area contributed by atoms with E-state index >= 15 is 0 Å². The molecule has 1 aliphatic carbocycles. The summed E-state index contributed by atoms with van der Waals surface area (Å²) in [6, 6.07) is 12.8. The predicted octanol–water partition coefficient (Wildman–Crippen LogP) is 6.93. The van der Waals surface area contributed by atoms with E-state index in [0.29, 0.717) is 23.4 Å². The fourth-order valence-corrected chi connectivity index (χ4v) is 7.14. The highest BCUT2D eigenvalue weighted by Crippen LogP contribution is 2.42. The quantitative estimate of drug-likeness (QED) is 0.134. The smallest absolute Gasteiger partial charge is 0.229 e. The number of pyridine rings is 1. The monoisotopic (exact) mass is 701 g/mol. The van der Waals surface area contributed by atoms with E-state index in [1.165, 1.54) is 29.2 Å². The Balaban J connectivity index is 1.34. The van der Waals surface area contributed by atoms with Gasteiger partial charge in [-0.3, -0.25) is 9.67 Å². The van der Waals surface area contributed by atoms with Gasteiger partial charge in [0.1, 0.15) is 11.6 Å². The third-order valence-electron chi connectivity index (χ3n) is 8.18. The molecule has 10 nitrogen and oxygen atoms in total. The molecule has 3 heterocycles. The topological polar surface area (TPSA) is 96.3 Å². The van der Waals surface area contributed by atoms with E-state index in [0.717, 1.165) is 51.3 Å². The number of anilines is 5. The van der Waals surface area contributed by atoms with Crippen LogP contribution in [0.4, 0.5) is 28.8 Å². The Bertz CT molecular complexity index is 1870. The summed E-state index contributed by atoms with van der Waals surface area (Å²) >= 11 is 3.67. The molecule has 6 rings (SSSR count). The van der Waals surface area contributed by atoms with Gasteiger partial charge in [0.05, 0.1) is 29.0 Å². The largest absolute Gasteiger partial charge is 0.494 e. The van der Waals surface area contributed by atoms with Gasteiger partial charge in [0, 0.05) is 90.4 Å². The Morgan fingerprint density at radius 1 is 1.00 bits per heavy atom. The van der Waals surface area contributed by atoms with Crippen molar-refractivity contribution in [3.63, 3.8) is 0 Å². The first kappa shape index (κ1) is 32.2. The molecule has 2 aromatic carbocycles. The molecule has 0 saturated heterocycles. The van der Waals surface area contributed by atoms with Crippen molar-refractivity contribution in [2.45, 2.75) is 18.8 Å². The van der Waals surface area contributed by atoms with Crippen LogP contribution in [0.5, 0.6) is 5.75 Å². The van der Waals surface area contributed by atoms with Gasteiger partial charge in [-0.15, -0.1) is 0 Å². The van der Waals surface area contributed by atoms with E-state index < -0.39 is 7.92 Å². The number of aromatic nitrogens is 5. The van der Waals surface area contributed by atoms with Crippen molar-refractivity contribution in [2.75, 3.05) is 70.2 Å². The summed E-state index contributed by atoms with van der Waals surface area (Å²) in [7, 11) is 9.44. The molecular formula is C34H41BrN9OP. The van der Waals surface area contributed by atoms with Crippen molar-refractivity contribution in [3.8, 4) is 16.9 Å². The van der Waals surface area contributed by atoms with Gasteiger partial charge >= 0.3 is 0 Å². The number of aryl methyl sites for hydroxylation is 1. The van der Waals surface area contributed by atoms with Gasteiger partial charge in [-0.05, 0) is 80.5 Å². The van der Waals surface area contributed by atoms with Crippen LogP contribution >= 0.6 is 23.9 Å². The number of fused-ring (bicyclic) bond motifs is 1. The van der Waals surface area contributed by atoms with Gasteiger partial charge in [-0.1, -0.05) is 14.0 Å². The molecule has 1 aliphatic rings. The van der Waals surface area contributed by atoms with Crippen LogP contribution in [0.15, 0.2) is 59.5 Å². The maximum atomic E-state index is 5.88. The Morgan fingerprint density at radius 2 is 1.80 bits per heavy atom. The van der Waals surface area contributed by atoms with E-state index in [-0.39, 0.29) is 0 Å². The summed E-state index contributed by atoms with van der Waals surface area (Å²) in [5.41, 5.74) is 7.14. The van der Waals surface area contributed by atoms with Crippen molar-refractivity contribution in [1.82, 2.24) is 29.6 Å². The summed E-state index contributed by atoms with van der Waals surface area (Å²) in [4.78, 5) is 18.9. The van der Waals surface area contributed by atoms with E-state index in [1.807, 2.05) is 24.1 Å². The zero-order valence-corrected chi connectivity index (χ0v) is 29.9. The summed E-state index contributed by atoms with van der Waals surface area (Å²) in [6.07, 6.45) is 8.15. The molecule has 12 heteroatoms. The van der Waals surface area contributed by atoms with Crippen molar-refractivity contribution >= 4 is 68.9 Å². The molecule has 5 aromatic rings. The number of halogens is 1. The van der Waals surface area contributed by atoms with Crippen LogP contribution in [-0.2, 0) is 7.05 Å². The Morgan fingerprint density at radius 3 is 2.48 bits per heavy atom. The van der Waals surface area contributed by atoms with Crippen LogP contribution in [0.2, 0.25) is 0 Å². The zero-order valence-electron chi connectivity index (χ0n) is 27.5. The van der Waals surface area contributed by atoms with Gasteiger partial charge in [0.2, 0.25) is 5.95 Å². The normalized spacial score (nSPS) is 13.1. The van der Waals surface area contributed by atoms with E-state index in [4.69, 9.17) is 14.7 Å². The molecule has 1 fully saturated rings. The lowest BCUT2D eigenvalue weighted by atomic mass is 10.0. The molecule has 2 N–H and O–H groups in total. The lowest BCUT2D eigenvalue weighted by Crippen LogP contribution is -2.28. The second-order valence-electron chi connectivity index (χ2n) is 12.3. The second-order valence-corrected chi connectivity index (χ2v) is 15.4. The predicted molar refractivity (Wildman–Crippen MR) is 195 cm³/mol. The molecule has 240 valence electrons. The number of nitrogens with zero attached hydrogens (tertiary/aromatic N) is 7. The Kier molecular flexibility index (Phi) is 9.45. The lowest BCUT2D eigenvalue weighted by Gasteiger charge is -2.25. The van der Waals surface area contributed by atoms with Crippen LogP contribution in [0.1, 0.15) is 24.5 Å².